The van der Waals surface area contributed by atoms with Gasteiger partial charge >= 0.3 is 0 Å². The van der Waals surface area contributed by atoms with Gasteiger partial charge in [0, 0.05) is 65.4 Å². The van der Waals surface area contributed by atoms with Crippen molar-refractivity contribution in [2.24, 2.45) is 0 Å². The molecule has 0 saturated carbocycles. The first kappa shape index (κ1) is 22.5. The molecule has 0 N–H and O–H groups in total. The Hall–Kier alpha value is -1.72. The monoisotopic (exact) mass is 420 g/mol. The van der Waals surface area contributed by atoms with Crippen molar-refractivity contribution in [3.05, 3.63) is 71.8 Å². The van der Waals surface area contributed by atoms with Crippen LogP contribution in [0.4, 0.5) is 0 Å². The lowest BCUT2D eigenvalue weighted by atomic mass is 10.1. The number of nitrogens with zero attached hydrogens (tertiary/aromatic N) is 4. The third-order valence-electron chi connectivity index (χ3n) is 7.00. The fourth-order valence-electron chi connectivity index (χ4n) is 4.85. The van der Waals surface area contributed by atoms with Gasteiger partial charge in [0.1, 0.15) is 0 Å². The van der Waals surface area contributed by atoms with Crippen molar-refractivity contribution in [2.75, 3.05) is 78.5 Å². The van der Waals surface area contributed by atoms with Crippen LogP contribution in [0.2, 0.25) is 0 Å². The summed E-state index contributed by atoms with van der Waals surface area (Å²) in [5, 5.41) is 0. The number of benzene rings is 2. The summed E-state index contributed by atoms with van der Waals surface area (Å²) in [5.74, 6) is 0. The van der Waals surface area contributed by atoms with Crippen LogP contribution in [0.1, 0.15) is 17.5 Å². The Morgan fingerprint density at radius 1 is 0.419 bits per heavy atom. The van der Waals surface area contributed by atoms with Crippen molar-refractivity contribution >= 4 is 0 Å². The molecule has 2 fully saturated rings. The Morgan fingerprint density at radius 2 is 0.742 bits per heavy atom. The van der Waals surface area contributed by atoms with Crippen molar-refractivity contribution in [2.45, 2.75) is 19.3 Å². The zero-order chi connectivity index (χ0) is 21.1. The minimum Gasteiger partial charge on any atom is -0.301 e. The SMILES string of the molecule is c1ccc(CCN2CCN(CCCN3CCN(CCc4ccccc4)CC3)CC2)cc1. The normalized spacial score (nSPS) is 19.6. The van der Waals surface area contributed by atoms with Crippen molar-refractivity contribution in [3.8, 4) is 0 Å². The van der Waals surface area contributed by atoms with E-state index in [2.05, 4.69) is 80.3 Å². The predicted molar refractivity (Wildman–Crippen MR) is 131 cm³/mol. The van der Waals surface area contributed by atoms with Crippen molar-refractivity contribution in [1.29, 1.82) is 0 Å². The van der Waals surface area contributed by atoms with E-state index in [1.807, 2.05) is 0 Å². The van der Waals surface area contributed by atoms with Crippen molar-refractivity contribution in [3.63, 3.8) is 0 Å². The van der Waals surface area contributed by atoms with E-state index >= 15 is 0 Å². The lowest BCUT2D eigenvalue weighted by Crippen LogP contribution is -2.49. The summed E-state index contributed by atoms with van der Waals surface area (Å²) in [5.41, 5.74) is 2.93. The minimum absolute atomic E-state index is 1.18. The second kappa shape index (κ2) is 12.4. The molecular formula is C27H40N4. The van der Waals surface area contributed by atoms with Gasteiger partial charge in [0.2, 0.25) is 0 Å². The molecule has 0 bridgehead atoms. The summed E-state index contributed by atoms with van der Waals surface area (Å²) >= 11 is 0. The van der Waals surface area contributed by atoms with Crippen molar-refractivity contribution < 1.29 is 0 Å². The van der Waals surface area contributed by atoms with Crippen LogP contribution in [0.15, 0.2) is 60.7 Å². The molecule has 31 heavy (non-hydrogen) atoms. The number of hydrogen-bond acceptors (Lipinski definition) is 4. The largest absolute Gasteiger partial charge is 0.301 e. The molecule has 168 valence electrons. The second-order valence-corrected chi connectivity index (χ2v) is 9.19. The maximum absolute atomic E-state index is 2.68. The Balaban J connectivity index is 1.03. The topological polar surface area (TPSA) is 13.0 Å². The Morgan fingerprint density at radius 3 is 1.10 bits per heavy atom. The molecule has 2 aliphatic rings. The third kappa shape index (κ3) is 7.73. The first-order valence-corrected chi connectivity index (χ1v) is 12.3. The molecule has 0 spiro atoms. The van der Waals surface area contributed by atoms with Gasteiger partial charge in [-0.1, -0.05) is 60.7 Å². The molecule has 0 amide bonds. The van der Waals surface area contributed by atoms with E-state index in [1.165, 1.54) is 109 Å². The Bertz CT molecular complexity index is 656. The number of hydrogen-bond donors (Lipinski definition) is 0. The van der Waals surface area contributed by atoms with Gasteiger partial charge in [-0.2, -0.15) is 0 Å². The molecule has 2 heterocycles. The van der Waals surface area contributed by atoms with E-state index in [0.29, 0.717) is 0 Å². The lowest BCUT2D eigenvalue weighted by molar-refractivity contribution is 0.111. The first-order chi connectivity index (χ1) is 15.3. The third-order valence-corrected chi connectivity index (χ3v) is 7.00. The molecule has 2 saturated heterocycles. The predicted octanol–water partition coefficient (Wildman–Crippen LogP) is 3.10. The van der Waals surface area contributed by atoms with Gasteiger partial charge < -0.3 is 19.6 Å². The number of rotatable bonds is 10. The summed E-state index contributed by atoms with van der Waals surface area (Å²) in [7, 11) is 0. The molecule has 0 unspecified atom stereocenters. The van der Waals surface area contributed by atoms with E-state index in [-0.39, 0.29) is 0 Å². The number of piperazine rings is 2. The highest BCUT2D eigenvalue weighted by molar-refractivity contribution is 5.15. The van der Waals surface area contributed by atoms with Gasteiger partial charge in [-0.05, 0) is 43.5 Å². The van der Waals surface area contributed by atoms with Gasteiger partial charge in [0.05, 0.1) is 0 Å². The summed E-state index contributed by atoms with van der Waals surface area (Å²) in [4.78, 5) is 10.6. The zero-order valence-electron chi connectivity index (χ0n) is 19.2. The molecule has 0 aromatic heterocycles. The molecule has 2 aliphatic heterocycles. The highest BCUT2D eigenvalue weighted by atomic mass is 15.3. The average molecular weight is 421 g/mol. The molecule has 0 atom stereocenters. The molecule has 2 aromatic rings. The second-order valence-electron chi connectivity index (χ2n) is 9.19. The summed E-state index contributed by atoms with van der Waals surface area (Å²) < 4.78 is 0. The fraction of sp³-hybridized carbons (Fsp3) is 0.556. The van der Waals surface area contributed by atoms with E-state index < -0.39 is 0 Å². The molecule has 0 radical (unpaired) electrons. The van der Waals surface area contributed by atoms with E-state index in [1.54, 1.807) is 0 Å². The smallest absolute Gasteiger partial charge is 0.0110 e. The van der Waals surface area contributed by atoms with Crippen LogP contribution in [-0.2, 0) is 12.8 Å². The molecule has 2 aromatic carbocycles. The highest BCUT2D eigenvalue weighted by Crippen LogP contribution is 2.08. The molecule has 4 nitrogen and oxygen atoms in total. The van der Waals surface area contributed by atoms with Crippen LogP contribution in [0.5, 0.6) is 0 Å². The van der Waals surface area contributed by atoms with E-state index in [0.717, 1.165) is 0 Å². The summed E-state index contributed by atoms with van der Waals surface area (Å²) in [6.45, 7) is 14.8. The van der Waals surface area contributed by atoms with E-state index in [9.17, 15) is 0 Å². The van der Waals surface area contributed by atoms with Crippen molar-refractivity contribution in [1.82, 2.24) is 19.6 Å². The van der Waals surface area contributed by atoms with Crippen LogP contribution in [0.25, 0.3) is 0 Å². The minimum atomic E-state index is 1.18. The molecular weight excluding hydrogens is 380 g/mol. The quantitative estimate of drug-likeness (QED) is 0.586. The van der Waals surface area contributed by atoms with Gasteiger partial charge in [0.15, 0.2) is 0 Å². The Labute approximate surface area is 189 Å². The highest BCUT2D eigenvalue weighted by Gasteiger charge is 2.18. The van der Waals surface area contributed by atoms with Crippen LogP contribution in [0, 0.1) is 0 Å². The van der Waals surface area contributed by atoms with Crippen LogP contribution >= 0.6 is 0 Å². The van der Waals surface area contributed by atoms with Crippen LogP contribution in [0.3, 0.4) is 0 Å². The fourth-order valence-corrected chi connectivity index (χ4v) is 4.85. The molecule has 4 rings (SSSR count). The maximum Gasteiger partial charge on any atom is 0.0110 e. The zero-order valence-corrected chi connectivity index (χ0v) is 19.2. The molecule has 0 aliphatic carbocycles. The van der Waals surface area contributed by atoms with Gasteiger partial charge in [0.25, 0.3) is 0 Å². The van der Waals surface area contributed by atoms with E-state index in [4.69, 9.17) is 0 Å². The first-order valence-electron chi connectivity index (χ1n) is 12.3. The van der Waals surface area contributed by atoms with Gasteiger partial charge in [-0.3, -0.25) is 0 Å². The van der Waals surface area contributed by atoms with Crippen LogP contribution < -0.4 is 0 Å². The van der Waals surface area contributed by atoms with Gasteiger partial charge in [-0.15, -0.1) is 0 Å². The summed E-state index contributed by atoms with van der Waals surface area (Å²) in [6.07, 6.45) is 3.67. The summed E-state index contributed by atoms with van der Waals surface area (Å²) in [6, 6.07) is 21.8. The maximum atomic E-state index is 2.68. The Kier molecular flexibility index (Phi) is 8.95. The van der Waals surface area contributed by atoms with Crippen LogP contribution in [-0.4, -0.2) is 98.1 Å². The standard InChI is InChI=1S/C27H40N4/c1-3-8-26(9-4-1)12-16-30-22-18-28(19-23-30)14-7-15-29-20-24-31(25-21-29)17-13-27-10-5-2-6-11-27/h1-6,8-11H,7,12-25H2. The van der Waals surface area contributed by atoms with Gasteiger partial charge in [-0.25, -0.2) is 0 Å². The lowest BCUT2D eigenvalue weighted by Gasteiger charge is -2.36. The average Bonchev–Trinajstić information content (AvgIpc) is 2.84. The molecule has 4 heteroatoms.